The van der Waals surface area contributed by atoms with Crippen molar-refractivity contribution in [2.75, 3.05) is 13.1 Å². The first-order valence-corrected chi connectivity index (χ1v) is 6.00. The first-order chi connectivity index (χ1) is 8.06. The van der Waals surface area contributed by atoms with Crippen molar-refractivity contribution in [2.24, 2.45) is 11.5 Å². The molecule has 0 saturated carbocycles. The van der Waals surface area contributed by atoms with Gasteiger partial charge in [-0.3, -0.25) is 9.69 Å². The van der Waals surface area contributed by atoms with Crippen LogP contribution in [0, 0.1) is 0 Å². The van der Waals surface area contributed by atoms with Crippen molar-refractivity contribution in [1.29, 1.82) is 0 Å². The van der Waals surface area contributed by atoms with Gasteiger partial charge >= 0.3 is 0 Å². The number of benzene rings is 1. The second kappa shape index (κ2) is 5.04. The van der Waals surface area contributed by atoms with Crippen LogP contribution in [0.15, 0.2) is 18.2 Å². The Bertz CT molecular complexity index is 436. The molecule has 5 heteroatoms. The molecule has 2 rings (SSSR count). The van der Waals surface area contributed by atoms with Crippen molar-refractivity contribution in [3.63, 3.8) is 0 Å². The van der Waals surface area contributed by atoms with E-state index in [0.29, 0.717) is 10.6 Å². The summed E-state index contributed by atoms with van der Waals surface area (Å²) >= 11 is 6.12. The van der Waals surface area contributed by atoms with Gasteiger partial charge in [0.2, 0.25) is 5.91 Å². The minimum Gasteiger partial charge on any atom is -0.366 e. The van der Waals surface area contributed by atoms with Crippen molar-refractivity contribution in [2.45, 2.75) is 19.0 Å². The lowest BCUT2D eigenvalue weighted by Crippen LogP contribution is -2.26. The lowest BCUT2D eigenvalue weighted by atomic mass is 10.1. The molecule has 1 amide bonds. The van der Waals surface area contributed by atoms with Crippen molar-refractivity contribution < 1.29 is 4.79 Å². The summed E-state index contributed by atoms with van der Waals surface area (Å²) in [7, 11) is 0. The summed E-state index contributed by atoms with van der Waals surface area (Å²) < 4.78 is 0. The van der Waals surface area contributed by atoms with Crippen LogP contribution in [0.3, 0.4) is 0 Å². The summed E-state index contributed by atoms with van der Waals surface area (Å²) in [6, 6.07) is 5.44. The van der Waals surface area contributed by atoms with Gasteiger partial charge in [0.25, 0.3) is 0 Å². The fourth-order valence-corrected chi connectivity index (χ4v) is 2.32. The van der Waals surface area contributed by atoms with Crippen molar-refractivity contribution in [1.82, 2.24) is 4.90 Å². The predicted molar refractivity (Wildman–Crippen MR) is 67.8 cm³/mol. The molecule has 4 N–H and O–H groups in total. The Labute approximate surface area is 106 Å². The molecule has 1 aliphatic rings. The zero-order valence-corrected chi connectivity index (χ0v) is 10.3. The summed E-state index contributed by atoms with van der Waals surface area (Å²) in [5.74, 6) is -0.457. The Balaban J connectivity index is 2.09. The largest absolute Gasteiger partial charge is 0.366 e. The van der Waals surface area contributed by atoms with Crippen LogP contribution in [0.4, 0.5) is 0 Å². The van der Waals surface area contributed by atoms with Gasteiger partial charge < -0.3 is 11.5 Å². The van der Waals surface area contributed by atoms with E-state index < -0.39 is 5.91 Å². The average molecular weight is 254 g/mol. The third kappa shape index (κ3) is 2.97. The third-order valence-corrected chi connectivity index (χ3v) is 3.39. The monoisotopic (exact) mass is 253 g/mol. The van der Waals surface area contributed by atoms with Crippen LogP contribution in [0.25, 0.3) is 0 Å². The highest BCUT2D eigenvalue weighted by Gasteiger charge is 2.19. The van der Waals surface area contributed by atoms with E-state index in [4.69, 9.17) is 23.1 Å². The van der Waals surface area contributed by atoms with Gasteiger partial charge in [-0.1, -0.05) is 17.7 Å². The summed E-state index contributed by atoms with van der Waals surface area (Å²) in [4.78, 5) is 13.2. The zero-order chi connectivity index (χ0) is 12.4. The van der Waals surface area contributed by atoms with Crippen LogP contribution in [0.2, 0.25) is 5.02 Å². The normalized spacial score (nSPS) is 20.7. The number of rotatable bonds is 3. The summed E-state index contributed by atoms with van der Waals surface area (Å²) in [5, 5.41) is 0.585. The van der Waals surface area contributed by atoms with Gasteiger partial charge in [0.15, 0.2) is 0 Å². The molecule has 0 radical (unpaired) electrons. The van der Waals surface area contributed by atoms with Crippen LogP contribution >= 0.6 is 11.6 Å². The molecule has 1 fully saturated rings. The lowest BCUT2D eigenvalue weighted by Gasteiger charge is -2.16. The van der Waals surface area contributed by atoms with E-state index in [1.165, 1.54) is 0 Å². The van der Waals surface area contributed by atoms with E-state index in [-0.39, 0.29) is 6.04 Å². The molecule has 1 atom stereocenters. The molecule has 1 heterocycles. The van der Waals surface area contributed by atoms with Crippen LogP contribution in [-0.4, -0.2) is 29.9 Å². The molecule has 0 aromatic heterocycles. The number of amides is 1. The quantitative estimate of drug-likeness (QED) is 0.843. The van der Waals surface area contributed by atoms with Gasteiger partial charge in [-0.2, -0.15) is 0 Å². The van der Waals surface area contributed by atoms with Gasteiger partial charge in [-0.15, -0.1) is 0 Å². The SMILES string of the molecule is NC(=O)c1ccc(CN2CC[C@H](N)C2)c(Cl)c1. The van der Waals surface area contributed by atoms with E-state index >= 15 is 0 Å². The molecule has 0 aliphatic carbocycles. The maximum atomic E-state index is 11.0. The van der Waals surface area contributed by atoms with Crippen LogP contribution in [0.1, 0.15) is 22.3 Å². The molecular weight excluding hydrogens is 238 g/mol. The summed E-state index contributed by atoms with van der Waals surface area (Å²) in [6.07, 6.45) is 1.02. The van der Waals surface area contributed by atoms with Gasteiger partial charge in [-0.25, -0.2) is 0 Å². The lowest BCUT2D eigenvalue weighted by molar-refractivity contribution is 0.100. The Morgan fingerprint density at radius 2 is 2.29 bits per heavy atom. The Hall–Kier alpha value is -1.10. The Morgan fingerprint density at radius 3 is 2.82 bits per heavy atom. The number of halogens is 1. The molecule has 92 valence electrons. The topological polar surface area (TPSA) is 72.4 Å². The molecule has 1 aromatic carbocycles. The predicted octanol–water partition coefficient (Wildman–Crippen LogP) is 0.972. The molecule has 17 heavy (non-hydrogen) atoms. The molecular formula is C12H16ClN3O. The van der Waals surface area contributed by atoms with E-state index in [9.17, 15) is 4.79 Å². The van der Waals surface area contributed by atoms with Crippen molar-refractivity contribution in [3.05, 3.63) is 34.3 Å². The number of primary amides is 1. The third-order valence-electron chi connectivity index (χ3n) is 3.04. The van der Waals surface area contributed by atoms with E-state index in [2.05, 4.69) is 4.90 Å². The first-order valence-electron chi connectivity index (χ1n) is 5.62. The molecule has 0 spiro atoms. The minimum atomic E-state index is -0.457. The van der Waals surface area contributed by atoms with Gasteiger partial charge in [-0.05, 0) is 24.1 Å². The smallest absolute Gasteiger partial charge is 0.248 e. The minimum absolute atomic E-state index is 0.263. The van der Waals surface area contributed by atoms with Crippen molar-refractivity contribution >= 4 is 17.5 Å². The van der Waals surface area contributed by atoms with Crippen molar-refractivity contribution in [3.8, 4) is 0 Å². The maximum Gasteiger partial charge on any atom is 0.248 e. The fourth-order valence-electron chi connectivity index (χ4n) is 2.08. The molecule has 0 unspecified atom stereocenters. The molecule has 1 aliphatic heterocycles. The molecule has 1 saturated heterocycles. The number of carbonyl (C=O) groups is 1. The maximum absolute atomic E-state index is 11.0. The highest BCUT2D eigenvalue weighted by Crippen LogP contribution is 2.21. The average Bonchev–Trinajstić information content (AvgIpc) is 2.67. The highest BCUT2D eigenvalue weighted by molar-refractivity contribution is 6.31. The van der Waals surface area contributed by atoms with E-state index in [1.54, 1.807) is 12.1 Å². The number of nitrogens with two attached hydrogens (primary N) is 2. The summed E-state index contributed by atoms with van der Waals surface area (Å²) in [5.41, 5.74) is 12.5. The summed E-state index contributed by atoms with van der Waals surface area (Å²) in [6.45, 7) is 2.66. The van der Waals surface area contributed by atoms with Gasteiger partial charge in [0.1, 0.15) is 0 Å². The Kier molecular flexibility index (Phi) is 3.66. The van der Waals surface area contributed by atoms with Crippen LogP contribution < -0.4 is 11.5 Å². The second-order valence-corrected chi connectivity index (χ2v) is 4.86. The Morgan fingerprint density at radius 1 is 1.53 bits per heavy atom. The van der Waals surface area contributed by atoms with Gasteiger partial charge in [0.05, 0.1) is 0 Å². The highest BCUT2D eigenvalue weighted by atomic mass is 35.5. The fraction of sp³-hybridized carbons (Fsp3) is 0.417. The first kappa shape index (κ1) is 12.4. The number of hydrogen-bond donors (Lipinski definition) is 2. The standard InChI is InChI=1S/C12H16ClN3O/c13-11-5-8(12(15)17)1-2-9(11)6-16-4-3-10(14)7-16/h1-2,5,10H,3-4,6-7,14H2,(H2,15,17)/t10-/m0/s1. The zero-order valence-electron chi connectivity index (χ0n) is 9.53. The molecule has 4 nitrogen and oxygen atoms in total. The number of likely N-dealkylation sites (tertiary alicyclic amines) is 1. The molecule has 0 bridgehead atoms. The number of hydrogen-bond acceptors (Lipinski definition) is 3. The van der Waals surface area contributed by atoms with E-state index in [0.717, 1.165) is 31.6 Å². The number of nitrogens with zero attached hydrogens (tertiary/aromatic N) is 1. The number of carbonyl (C=O) groups excluding carboxylic acids is 1. The van der Waals surface area contributed by atoms with Gasteiger partial charge in [0, 0.05) is 36.3 Å². The van der Waals surface area contributed by atoms with Crippen LogP contribution in [-0.2, 0) is 6.54 Å². The molecule has 1 aromatic rings. The second-order valence-electron chi connectivity index (χ2n) is 4.45. The van der Waals surface area contributed by atoms with E-state index in [1.807, 2.05) is 6.07 Å². The van der Waals surface area contributed by atoms with Crippen LogP contribution in [0.5, 0.6) is 0 Å².